The molecule has 4 atom stereocenters. The molecule has 1 aliphatic heterocycles. The third-order valence-corrected chi connectivity index (χ3v) is 2.16. The minimum absolute atomic E-state index is 0.0185. The van der Waals surface area contributed by atoms with E-state index in [0.717, 1.165) is 6.42 Å². The van der Waals surface area contributed by atoms with Gasteiger partial charge in [-0.25, -0.2) is 0 Å². The first-order chi connectivity index (χ1) is 4.66. The highest BCUT2D eigenvalue weighted by Crippen LogP contribution is 2.27. The Kier molecular flexibility index (Phi) is 2.28. The highest BCUT2D eigenvalue weighted by molar-refractivity contribution is 4.82. The van der Waals surface area contributed by atoms with Gasteiger partial charge in [0.15, 0.2) is 6.29 Å². The third-order valence-electron chi connectivity index (χ3n) is 2.16. The van der Waals surface area contributed by atoms with Crippen LogP contribution in [0, 0.1) is 5.92 Å². The maximum Gasteiger partial charge on any atom is 0.181 e. The van der Waals surface area contributed by atoms with Gasteiger partial charge in [0.25, 0.3) is 0 Å². The van der Waals surface area contributed by atoms with Gasteiger partial charge in [0, 0.05) is 5.92 Å². The van der Waals surface area contributed by atoms with Gasteiger partial charge in [0.2, 0.25) is 0 Å². The van der Waals surface area contributed by atoms with Gasteiger partial charge >= 0.3 is 0 Å². The summed E-state index contributed by atoms with van der Waals surface area (Å²) in [6.45, 7) is 3.85. The summed E-state index contributed by atoms with van der Waals surface area (Å²) in [6, 6.07) is 0. The Morgan fingerprint density at radius 1 is 1.40 bits per heavy atom. The Balaban J connectivity index is 2.55. The lowest BCUT2D eigenvalue weighted by molar-refractivity contribution is -0.123. The quantitative estimate of drug-likeness (QED) is 0.552. The molecule has 0 radical (unpaired) electrons. The van der Waals surface area contributed by atoms with E-state index in [1.807, 2.05) is 13.8 Å². The van der Waals surface area contributed by atoms with E-state index in [-0.39, 0.29) is 12.0 Å². The fourth-order valence-corrected chi connectivity index (χ4v) is 1.46. The first-order valence-electron chi connectivity index (χ1n) is 3.68. The van der Waals surface area contributed by atoms with E-state index in [1.165, 1.54) is 0 Å². The number of hydrogen-bond donors (Lipinski definition) is 2. The van der Waals surface area contributed by atoms with Crippen molar-refractivity contribution in [2.45, 2.75) is 38.8 Å². The van der Waals surface area contributed by atoms with Crippen molar-refractivity contribution in [1.29, 1.82) is 0 Å². The molecular formula is C7H14O3. The van der Waals surface area contributed by atoms with Crippen LogP contribution >= 0.6 is 0 Å². The second kappa shape index (κ2) is 2.86. The van der Waals surface area contributed by atoms with Crippen molar-refractivity contribution >= 4 is 0 Å². The minimum Gasteiger partial charge on any atom is -0.387 e. The number of hydrogen-bond acceptors (Lipinski definition) is 3. The fourth-order valence-electron chi connectivity index (χ4n) is 1.46. The third kappa shape index (κ3) is 1.17. The van der Waals surface area contributed by atoms with Gasteiger partial charge in [-0.1, -0.05) is 6.92 Å². The van der Waals surface area contributed by atoms with E-state index in [1.54, 1.807) is 0 Å². The van der Waals surface area contributed by atoms with Gasteiger partial charge in [-0.15, -0.1) is 0 Å². The lowest BCUT2D eigenvalue weighted by Crippen LogP contribution is -2.26. The molecule has 0 aliphatic carbocycles. The molecule has 60 valence electrons. The molecule has 1 fully saturated rings. The minimum atomic E-state index is -0.972. The van der Waals surface area contributed by atoms with E-state index in [0.29, 0.717) is 0 Å². The summed E-state index contributed by atoms with van der Waals surface area (Å²) in [5.41, 5.74) is 0. The predicted molar refractivity (Wildman–Crippen MR) is 36.3 cm³/mol. The second-order valence-corrected chi connectivity index (χ2v) is 2.79. The van der Waals surface area contributed by atoms with Crippen molar-refractivity contribution in [3.05, 3.63) is 0 Å². The first-order valence-corrected chi connectivity index (χ1v) is 3.68. The largest absolute Gasteiger partial charge is 0.387 e. The van der Waals surface area contributed by atoms with Crippen molar-refractivity contribution in [2.24, 2.45) is 5.92 Å². The molecule has 0 unspecified atom stereocenters. The van der Waals surface area contributed by atoms with E-state index in [2.05, 4.69) is 0 Å². The maximum absolute atomic E-state index is 9.25. The lowest BCUT2D eigenvalue weighted by Gasteiger charge is -2.13. The Hall–Kier alpha value is -0.120. The molecule has 0 aromatic heterocycles. The standard InChI is InChI=1S/C7H14O3/c1-3-5-4(2)10-7(9)6(5)8/h4-9H,3H2,1-2H3/t4-,5-,6+,7-/m0/s1. The van der Waals surface area contributed by atoms with Crippen molar-refractivity contribution in [3.8, 4) is 0 Å². The molecule has 10 heavy (non-hydrogen) atoms. The molecule has 1 rings (SSSR count). The Morgan fingerprint density at radius 2 is 2.00 bits per heavy atom. The molecule has 1 saturated heterocycles. The zero-order valence-electron chi connectivity index (χ0n) is 6.32. The average molecular weight is 146 g/mol. The zero-order chi connectivity index (χ0) is 7.72. The predicted octanol–water partition coefficient (Wildman–Crippen LogP) is 0.111. The second-order valence-electron chi connectivity index (χ2n) is 2.79. The van der Waals surface area contributed by atoms with Crippen molar-refractivity contribution in [1.82, 2.24) is 0 Å². The summed E-state index contributed by atoms with van der Waals surface area (Å²) >= 11 is 0. The number of ether oxygens (including phenoxy) is 1. The van der Waals surface area contributed by atoms with Crippen LogP contribution in [0.2, 0.25) is 0 Å². The van der Waals surface area contributed by atoms with Crippen LogP contribution in [-0.2, 0) is 4.74 Å². The molecule has 1 aliphatic rings. The Labute approximate surface area is 60.6 Å². The smallest absolute Gasteiger partial charge is 0.181 e. The fraction of sp³-hybridized carbons (Fsp3) is 1.00. The van der Waals surface area contributed by atoms with Gasteiger partial charge in [0.1, 0.15) is 6.10 Å². The number of rotatable bonds is 1. The van der Waals surface area contributed by atoms with Gasteiger partial charge < -0.3 is 14.9 Å². The van der Waals surface area contributed by atoms with Crippen LogP contribution in [0.3, 0.4) is 0 Å². The highest BCUT2D eigenvalue weighted by atomic mass is 16.6. The lowest BCUT2D eigenvalue weighted by atomic mass is 9.97. The number of aliphatic hydroxyl groups is 2. The van der Waals surface area contributed by atoms with E-state index < -0.39 is 12.4 Å². The molecule has 0 bridgehead atoms. The summed E-state index contributed by atoms with van der Waals surface area (Å²) < 4.78 is 4.98. The molecule has 1 heterocycles. The van der Waals surface area contributed by atoms with E-state index in [4.69, 9.17) is 9.84 Å². The molecule has 2 N–H and O–H groups in total. The summed E-state index contributed by atoms with van der Waals surface area (Å²) in [4.78, 5) is 0. The molecule has 0 saturated carbocycles. The SMILES string of the molecule is CC[C@@H]1[C@@H](O)[C@@H](O)O[C@H]1C. The van der Waals surface area contributed by atoms with Crippen molar-refractivity contribution < 1.29 is 14.9 Å². The van der Waals surface area contributed by atoms with Crippen molar-refractivity contribution in [2.75, 3.05) is 0 Å². The van der Waals surface area contributed by atoms with Crippen LogP contribution in [0.4, 0.5) is 0 Å². The molecule has 0 spiro atoms. The van der Waals surface area contributed by atoms with Crippen LogP contribution in [0.1, 0.15) is 20.3 Å². The molecule has 0 aromatic rings. The first kappa shape index (κ1) is 7.98. The van der Waals surface area contributed by atoms with Gasteiger partial charge in [-0.2, -0.15) is 0 Å². The highest BCUT2D eigenvalue weighted by Gasteiger charge is 2.38. The summed E-state index contributed by atoms with van der Waals surface area (Å²) in [5, 5.41) is 18.3. The van der Waals surface area contributed by atoms with E-state index in [9.17, 15) is 5.11 Å². The van der Waals surface area contributed by atoms with Gasteiger partial charge in [0.05, 0.1) is 6.10 Å². The van der Waals surface area contributed by atoms with Crippen LogP contribution in [-0.4, -0.2) is 28.7 Å². The van der Waals surface area contributed by atoms with Crippen LogP contribution in [0.5, 0.6) is 0 Å². The summed E-state index contributed by atoms with van der Waals surface area (Å²) in [6.07, 6.45) is -0.839. The van der Waals surface area contributed by atoms with Crippen LogP contribution in [0.15, 0.2) is 0 Å². The Morgan fingerprint density at radius 3 is 2.20 bits per heavy atom. The molecule has 0 amide bonds. The number of aliphatic hydroxyl groups excluding tert-OH is 2. The average Bonchev–Trinajstić information content (AvgIpc) is 2.09. The van der Waals surface area contributed by atoms with Crippen molar-refractivity contribution in [3.63, 3.8) is 0 Å². The Bertz CT molecular complexity index is 115. The summed E-state index contributed by atoms with van der Waals surface area (Å²) in [5.74, 6) is 0.0926. The van der Waals surface area contributed by atoms with Gasteiger partial charge in [-0.05, 0) is 13.3 Å². The zero-order valence-corrected chi connectivity index (χ0v) is 6.32. The normalized spacial score (nSPS) is 48.0. The maximum atomic E-state index is 9.25. The van der Waals surface area contributed by atoms with Gasteiger partial charge in [-0.3, -0.25) is 0 Å². The molecule has 3 nitrogen and oxygen atoms in total. The molecular weight excluding hydrogens is 132 g/mol. The van der Waals surface area contributed by atoms with Crippen LogP contribution < -0.4 is 0 Å². The molecule has 0 aromatic carbocycles. The monoisotopic (exact) mass is 146 g/mol. The molecule has 3 heteroatoms. The summed E-state index contributed by atoms with van der Waals surface area (Å²) in [7, 11) is 0. The topological polar surface area (TPSA) is 49.7 Å². The van der Waals surface area contributed by atoms with Crippen LogP contribution in [0.25, 0.3) is 0 Å². The van der Waals surface area contributed by atoms with E-state index >= 15 is 0 Å².